The van der Waals surface area contributed by atoms with Crippen LogP contribution in [0.25, 0.3) is 0 Å². The summed E-state index contributed by atoms with van der Waals surface area (Å²) in [7, 11) is 0. The average Bonchev–Trinajstić information content (AvgIpc) is 3.17. The second kappa shape index (κ2) is 4.08. The summed E-state index contributed by atoms with van der Waals surface area (Å²) in [5.41, 5.74) is 4.12. The summed E-state index contributed by atoms with van der Waals surface area (Å²) >= 11 is 0. The highest BCUT2D eigenvalue weighted by Gasteiger charge is 2.70. The minimum atomic E-state index is -0.0620. The Hall–Kier alpha value is -1.90. The van der Waals surface area contributed by atoms with E-state index in [0.717, 1.165) is 35.8 Å². The summed E-state index contributed by atoms with van der Waals surface area (Å²) in [6.45, 7) is 0. The third kappa shape index (κ3) is 1.36. The van der Waals surface area contributed by atoms with Crippen LogP contribution in [0.3, 0.4) is 0 Å². The molecule has 25 heavy (non-hydrogen) atoms. The molecule has 2 amide bonds. The van der Waals surface area contributed by atoms with E-state index in [2.05, 4.69) is 0 Å². The summed E-state index contributed by atoms with van der Waals surface area (Å²) < 4.78 is 0. The number of imide groups is 1. The summed E-state index contributed by atoms with van der Waals surface area (Å²) in [5, 5.41) is 0. The number of para-hydroxylation sites is 1. The number of benzene rings is 1. The smallest absolute Gasteiger partial charge is 0.238 e. The van der Waals surface area contributed by atoms with Gasteiger partial charge in [0.25, 0.3) is 0 Å². The molecular formula is C22H21NO2. The standard InChI is InChI=1S/C22H21NO2/c24-21-19-15-9-16(18-12-7-6-11(17(15)18)13-8-14(12)13)20(19)22(25)23(21)10-4-2-1-3-5-10/h1-5,11-16,19-20H,6-9H2/t11-,12-,13-,14-,15-,16-,19+,20+/m0/s1. The quantitative estimate of drug-likeness (QED) is 0.584. The van der Waals surface area contributed by atoms with Crippen molar-refractivity contribution in [1.82, 2.24) is 0 Å². The number of carbonyl (C=O) groups is 2. The SMILES string of the molecule is O=C1[C@H]2[C@H](C(=O)N1c1ccccc1)[C@H]1C[C@H]2C2=C1[C@H]1CC[C@H]2[C@@H]2C[C@H]21. The van der Waals surface area contributed by atoms with Gasteiger partial charge in [0.1, 0.15) is 0 Å². The molecule has 4 bridgehead atoms. The highest BCUT2D eigenvalue weighted by molar-refractivity contribution is 6.23. The monoisotopic (exact) mass is 331 g/mol. The van der Waals surface area contributed by atoms with Crippen molar-refractivity contribution in [3.05, 3.63) is 41.5 Å². The van der Waals surface area contributed by atoms with E-state index >= 15 is 0 Å². The number of anilines is 1. The zero-order valence-electron chi connectivity index (χ0n) is 14.1. The van der Waals surface area contributed by atoms with Crippen LogP contribution in [0.15, 0.2) is 41.5 Å². The van der Waals surface area contributed by atoms with Crippen LogP contribution >= 0.6 is 0 Å². The molecule has 3 heteroatoms. The molecule has 8 rings (SSSR count). The molecule has 0 unspecified atom stereocenters. The van der Waals surface area contributed by atoms with Gasteiger partial charge in [0.15, 0.2) is 0 Å². The first kappa shape index (κ1) is 13.3. The molecule has 4 fully saturated rings. The van der Waals surface area contributed by atoms with Crippen LogP contribution < -0.4 is 4.90 Å². The fourth-order valence-corrected chi connectivity index (χ4v) is 7.72. The van der Waals surface area contributed by atoms with Crippen LogP contribution in [0.4, 0.5) is 5.69 Å². The molecule has 126 valence electrons. The molecule has 1 aromatic rings. The summed E-state index contributed by atoms with van der Waals surface area (Å²) in [4.78, 5) is 28.0. The number of allylic oxidation sites excluding steroid dienone is 2. The minimum absolute atomic E-state index is 0.0620. The van der Waals surface area contributed by atoms with Gasteiger partial charge in [-0.25, -0.2) is 0 Å². The lowest BCUT2D eigenvalue weighted by Crippen LogP contribution is -2.38. The molecule has 1 aliphatic heterocycles. The molecule has 0 N–H and O–H groups in total. The second-order valence-corrected chi connectivity index (χ2v) is 9.11. The Morgan fingerprint density at radius 1 is 0.720 bits per heavy atom. The van der Waals surface area contributed by atoms with Crippen LogP contribution in [0.5, 0.6) is 0 Å². The van der Waals surface area contributed by atoms with E-state index in [1.54, 1.807) is 11.1 Å². The van der Waals surface area contributed by atoms with Gasteiger partial charge in [-0.1, -0.05) is 29.3 Å². The topological polar surface area (TPSA) is 37.4 Å². The Labute approximate surface area is 147 Å². The Morgan fingerprint density at radius 2 is 1.28 bits per heavy atom. The molecule has 3 saturated carbocycles. The van der Waals surface area contributed by atoms with Crippen molar-refractivity contribution in [3.63, 3.8) is 0 Å². The van der Waals surface area contributed by atoms with E-state index in [1.807, 2.05) is 30.3 Å². The van der Waals surface area contributed by atoms with Gasteiger partial charge < -0.3 is 0 Å². The number of fused-ring (bicyclic) bond motifs is 6. The van der Waals surface area contributed by atoms with Crippen molar-refractivity contribution >= 4 is 17.5 Å². The molecule has 1 heterocycles. The Morgan fingerprint density at radius 3 is 1.84 bits per heavy atom. The predicted octanol–water partition coefficient (Wildman–Crippen LogP) is 3.41. The van der Waals surface area contributed by atoms with Crippen molar-refractivity contribution in [2.75, 3.05) is 4.90 Å². The van der Waals surface area contributed by atoms with Crippen molar-refractivity contribution in [1.29, 1.82) is 0 Å². The molecule has 0 spiro atoms. The van der Waals surface area contributed by atoms with Crippen LogP contribution in [-0.2, 0) is 9.59 Å². The van der Waals surface area contributed by atoms with Gasteiger partial charge in [-0.05, 0) is 73.3 Å². The zero-order valence-corrected chi connectivity index (χ0v) is 14.1. The van der Waals surface area contributed by atoms with Gasteiger partial charge >= 0.3 is 0 Å². The molecule has 6 aliphatic carbocycles. The summed E-state index contributed by atoms with van der Waals surface area (Å²) in [6, 6.07) is 9.55. The normalized spacial score (nSPS) is 48.1. The summed E-state index contributed by atoms with van der Waals surface area (Å²) in [5.74, 6) is 4.16. The molecule has 0 radical (unpaired) electrons. The van der Waals surface area contributed by atoms with E-state index < -0.39 is 0 Å². The van der Waals surface area contributed by atoms with Crippen molar-refractivity contribution in [2.45, 2.75) is 25.7 Å². The van der Waals surface area contributed by atoms with Gasteiger partial charge in [0.2, 0.25) is 11.8 Å². The third-order valence-corrected chi connectivity index (χ3v) is 8.43. The Bertz CT molecular complexity index is 821. The van der Waals surface area contributed by atoms with Gasteiger partial charge in [-0.15, -0.1) is 0 Å². The van der Waals surface area contributed by atoms with E-state index in [1.165, 1.54) is 24.2 Å². The molecule has 3 nitrogen and oxygen atoms in total. The number of nitrogens with zero attached hydrogens (tertiary/aromatic N) is 1. The Kier molecular flexibility index (Phi) is 2.18. The molecule has 1 aromatic carbocycles. The lowest BCUT2D eigenvalue weighted by molar-refractivity contribution is -0.123. The highest BCUT2D eigenvalue weighted by atomic mass is 16.2. The number of hydrogen-bond acceptors (Lipinski definition) is 2. The lowest BCUT2D eigenvalue weighted by Gasteiger charge is -2.44. The van der Waals surface area contributed by atoms with Crippen LogP contribution in [0.2, 0.25) is 0 Å². The highest BCUT2D eigenvalue weighted by Crippen LogP contribution is 2.73. The maximum absolute atomic E-state index is 13.2. The summed E-state index contributed by atoms with van der Waals surface area (Å²) in [6.07, 6.45) is 5.19. The molecule has 8 atom stereocenters. The van der Waals surface area contributed by atoms with E-state index in [-0.39, 0.29) is 23.7 Å². The largest absolute Gasteiger partial charge is 0.274 e. The van der Waals surface area contributed by atoms with Gasteiger partial charge in [0.05, 0.1) is 17.5 Å². The first-order chi connectivity index (χ1) is 12.3. The molecule has 0 aromatic heterocycles. The number of hydrogen-bond donors (Lipinski definition) is 0. The lowest BCUT2D eigenvalue weighted by atomic mass is 9.60. The molecular weight excluding hydrogens is 310 g/mol. The fourth-order valence-electron chi connectivity index (χ4n) is 7.72. The van der Waals surface area contributed by atoms with Crippen molar-refractivity contribution < 1.29 is 9.59 Å². The minimum Gasteiger partial charge on any atom is -0.274 e. The van der Waals surface area contributed by atoms with E-state index in [0.29, 0.717) is 11.8 Å². The number of rotatable bonds is 1. The molecule has 1 saturated heterocycles. The second-order valence-electron chi connectivity index (χ2n) is 9.11. The van der Waals surface area contributed by atoms with Gasteiger partial charge in [0, 0.05) is 0 Å². The maximum atomic E-state index is 13.2. The number of carbonyl (C=O) groups excluding carboxylic acids is 2. The van der Waals surface area contributed by atoms with Crippen LogP contribution in [0, 0.1) is 47.3 Å². The average molecular weight is 331 g/mol. The first-order valence-corrected chi connectivity index (χ1v) is 9.92. The molecule has 7 aliphatic rings. The zero-order chi connectivity index (χ0) is 16.4. The van der Waals surface area contributed by atoms with E-state index in [4.69, 9.17) is 0 Å². The van der Waals surface area contributed by atoms with Gasteiger partial charge in [-0.2, -0.15) is 0 Å². The third-order valence-electron chi connectivity index (χ3n) is 8.43. The van der Waals surface area contributed by atoms with Crippen molar-refractivity contribution in [2.24, 2.45) is 47.3 Å². The maximum Gasteiger partial charge on any atom is 0.238 e. The van der Waals surface area contributed by atoms with Crippen LogP contribution in [0.1, 0.15) is 25.7 Å². The number of amides is 2. The predicted molar refractivity (Wildman–Crippen MR) is 92.3 cm³/mol. The first-order valence-electron chi connectivity index (χ1n) is 9.92. The van der Waals surface area contributed by atoms with Crippen molar-refractivity contribution in [3.8, 4) is 0 Å². The van der Waals surface area contributed by atoms with E-state index in [9.17, 15) is 9.59 Å². The Balaban J connectivity index is 1.34. The van der Waals surface area contributed by atoms with Crippen LogP contribution in [-0.4, -0.2) is 11.8 Å². The van der Waals surface area contributed by atoms with Gasteiger partial charge in [-0.3, -0.25) is 14.5 Å². The fraction of sp³-hybridized carbons (Fsp3) is 0.545.